The molecule has 0 bridgehead atoms. The minimum atomic E-state index is 0.0852. The minimum absolute atomic E-state index is 0.0852. The van der Waals surface area contributed by atoms with Gasteiger partial charge in [0.05, 0.1) is 18.3 Å². The standard InChI is InChI=1S/C14H17N3O2/c1-10(18)17-6-2-3-13(9-17)19-12-4-5-14-11(7-12)8-15-16-14/h4-5,7-8,13H,2-3,6,9H2,1H3,(H,15,16). The number of piperidine rings is 1. The highest BCUT2D eigenvalue weighted by molar-refractivity contribution is 5.79. The predicted molar refractivity (Wildman–Crippen MR) is 72.0 cm³/mol. The molecule has 100 valence electrons. The lowest BCUT2D eigenvalue weighted by Crippen LogP contribution is -2.43. The van der Waals surface area contributed by atoms with Crippen LogP contribution in [0.25, 0.3) is 10.9 Å². The van der Waals surface area contributed by atoms with Crippen molar-refractivity contribution in [3.05, 3.63) is 24.4 Å². The van der Waals surface area contributed by atoms with Gasteiger partial charge in [0.25, 0.3) is 0 Å². The lowest BCUT2D eigenvalue weighted by Gasteiger charge is -2.32. The van der Waals surface area contributed by atoms with Crippen molar-refractivity contribution >= 4 is 16.8 Å². The second kappa shape index (κ2) is 4.91. The number of hydrogen-bond acceptors (Lipinski definition) is 3. The van der Waals surface area contributed by atoms with Crippen molar-refractivity contribution in [1.29, 1.82) is 0 Å². The second-order valence-corrected chi connectivity index (χ2v) is 4.97. The van der Waals surface area contributed by atoms with E-state index in [0.29, 0.717) is 6.54 Å². The van der Waals surface area contributed by atoms with Crippen molar-refractivity contribution in [3.63, 3.8) is 0 Å². The molecule has 1 aliphatic heterocycles. The molecule has 19 heavy (non-hydrogen) atoms. The number of likely N-dealkylation sites (tertiary alicyclic amines) is 1. The Morgan fingerprint density at radius 1 is 1.53 bits per heavy atom. The lowest BCUT2D eigenvalue weighted by atomic mass is 10.1. The molecule has 5 heteroatoms. The number of ether oxygens (including phenoxy) is 1. The first-order chi connectivity index (χ1) is 9.22. The summed E-state index contributed by atoms with van der Waals surface area (Å²) in [6, 6.07) is 5.88. The van der Waals surface area contributed by atoms with Gasteiger partial charge in [0.1, 0.15) is 11.9 Å². The molecule has 1 fully saturated rings. The Morgan fingerprint density at radius 2 is 2.42 bits per heavy atom. The van der Waals surface area contributed by atoms with Crippen LogP contribution in [-0.2, 0) is 4.79 Å². The Balaban J connectivity index is 1.71. The van der Waals surface area contributed by atoms with Gasteiger partial charge in [0.15, 0.2) is 0 Å². The molecule has 0 spiro atoms. The number of carbonyl (C=O) groups is 1. The molecule has 5 nitrogen and oxygen atoms in total. The third-order valence-electron chi connectivity index (χ3n) is 3.54. The fraction of sp³-hybridized carbons (Fsp3) is 0.429. The van der Waals surface area contributed by atoms with Crippen molar-refractivity contribution < 1.29 is 9.53 Å². The molecule has 0 radical (unpaired) electrons. The van der Waals surface area contributed by atoms with Crippen LogP contribution in [0.15, 0.2) is 24.4 Å². The predicted octanol–water partition coefficient (Wildman–Crippen LogP) is 1.95. The third-order valence-corrected chi connectivity index (χ3v) is 3.54. The second-order valence-electron chi connectivity index (χ2n) is 4.97. The van der Waals surface area contributed by atoms with E-state index in [1.807, 2.05) is 23.1 Å². The summed E-state index contributed by atoms with van der Waals surface area (Å²) in [6.07, 6.45) is 3.86. The highest BCUT2D eigenvalue weighted by Gasteiger charge is 2.22. The number of aromatic amines is 1. The van der Waals surface area contributed by atoms with Gasteiger partial charge >= 0.3 is 0 Å². The molecule has 1 amide bonds. The number of carbonyl (C=O) groups excluding carboxylic acids is 1. The van der Waals surface area contributed by atoms with E-state index in [-0.39, 0.29) is 12.0 Å². The summed E-state index contributed by atoms with van der Waals surface area (Å²) in [5.74, 6) is 0.961. The number of nitrogens with one attached hydrogen (secondary N) is 1. The van der Waals surface area contributed by atoms with Gasteiger partial charge in [0, 0.05) is 18.9 Å². The molecule has 0 aliphatic carbocycles. The Labute approximate surface area is 111 Å². The van der Waals surface area contributed by atoms with Gasteiger partial charge in [-0.2, -0.15) is 5.10 Å². The van der Waals surface area contributed by atoms with Gasteiger partial charge < -0.3 is 9.64 Å². The Morgan fingerprint density at radius 3 is 3.26 bits per heavy atom. The summed E-state index contributed by atoms with van der Waals surface area (Å²) >= 11 is 0. The maximum absolute atomic E-state index is 11.4. The number of benzene rings is 1. The van der Waals surface area contributed by atoms with E-state index in [9.17, 15) is 4.79 Å². The van der Waals surface area contributed by atoms with Gasteiger partial charge in [-0.25, -0.2) is 0 Å². The molecule has 1 aliphatic rings. The quantitative estimate of drug-likeness (QED) is 0.896. The topological polar surface area (TPSA) is 58.2 Å². The van der Waals surface area contributed by atoms with Crippen molar-refractivity contribution in [2.24, 2.45) is 0 Å². The number of hydrogen-bond donors (Lipinski definition) is 1. The van der Waals surface area contributed by atoms with Crippen LogP contribution >= 0.6 is 0 Å². The van der Waals surface area contributed by atoms with Crippen LogP contribution < -0.4 is 4.74 Å². The Hall–Kier alpha value is -2.04. The van der Waals surface area contributed by atoms with Crippen molar-refractivity contribution in [2.75, 3.05) is 13.1 Å². The largest absolute Gasteiger partial charge is 0.489 e. The molecule has 0 saturated carbocycles. The van der Waals surface area contributed by atoms with Crippen LogP contribution in [0.2, 0.25) is 0 Å². The van der Waals surface area contributed by atoms with Crippen LogP contribution in [0.3, 0.4) is 0 Å². The van der Waals surface area contributed by atoms with Crippen LogP contribution in [0.1, 0.15) is 19.8 Å². The van der Waals surface area contributed by atoms with Crippen molar-refractivity contribution in [2.45, 2.75) is 25.9 Å². The molecule has 1 atom stereocenters. The Kier molecular flexibility index (Phi) is 3.11. The van der Waals surface area contributed by atoms with Crippen LogP contribution in [0, 0.1) is 0 Å². The number of amides is 1. The molecule has 3 rings (SSSR count). The zero-order chi connectivity index (χ0) is 13.2. The third kappa shape index (κ3) is 2.54. The summed E-state index contributed by atoms with van der Waals surface area (Å²) in [6.45, 7) is 3.13. The molecule has 1 aromatic carbocycles. The van der Waals surface area contributed by atoms with Crippen molar-refractivity contribution in [3.8, 4) is 5.75 Å². The average Bonchev–Trinajstić information content (AvgIpc) is 2.86. The van der Waals surface area contributed by atoms with Crippen LogP contribution in [-0.4, -0.2) is 40.2 Å². The number of fused-ring (bicyclic) bond motifs is 1. The fourth-order valence-electron chi connectivity index (χ4n) is 2.51. The van der Waals surface area contributed by atoms with Gasteiger partial charge in [-0.05, 0) is 31.0 Å². The van der Waals surface area contributed by atoms with E-state index in [1.165, 1.54) is 0 Å². The van der Waals surface area contributed by atoms with Gasteiger partial charge in [-0.15, -0.1) is 0 Å². The monoisotopic (exact) mass is 259 g/mol. The molecule has 1 saturated heterocycles. The molecule has 2 aromatic rings. The highest BCUT2D eigenvalue weighted by Crippen LogP contribution is 2.22. The number of H-pyrrole nitrogens is 1. The number of aromatic nitrogens is 2. The van der Waals surface area contributed by atoms with Crippen molar-refractivity contribution in [1.82, 2.24) is 15.1 Å². The van der Waals surface area contributed by atoms with Crippen LogP contribution in [0.5, 0.6) is 5.75 Å². The summed E-state index contributed by atoms with van der Waals surface area (Å²) in [4.78, 5) is 13.2. The summed E-state index contributed by atoms with van der Waals surface area (Å²) in [5, 5.41) is 7.94. The first-order valence-electron chi connectivity index (χ1n) is 6.58. The lowest BCUT2D eigenvalue weighted by molar-refractivity contribution is -0.131. The summed E-state index contributed by atoms with van der Waals surface area (Å²) < 4.78 is 5.98. The molecular formula is C14H17N3O2. The number of rotatable bonds is 2. The summed E-state index contributed by atoms with van der Waals surface area (Å²) in [5.41, 5.74) is 1.00. The van der Waals surface area contributed by atoms with E-state index >= 15 is 0 Å². The average molecular weight is 259 g/mol. The zero-order valence-corrected chi connectivity index (χ0v) is 10.9. The smallest absolute Gasteiger partial charge is 0.219 e. The van der Waals surface area contributed by atoms with Gasteiger partial charge in [-0.1, -0.05) is 0 Å². The first kappa shape index (κ1) is 12.0. The van der Waals surface area contributed by atoms with E-state index in [4.69, 9.17) is 4.74 Å². The maximum Gasteiger partial charge on any atom is 0.219 e. The normalized spacial score (nSPS) is 19.6. The van der Waals surface area contributed by atoms with E-state index < -0.39 is 0 Å². The SMILES string of the molecule is CC(=O)N1CCCC(Oc2ccc3[nH]ncc3c2)C1. The molecule has 1 N–H and O–H groups in total. The molecule has 1 aromatic heterocycles. The van der Waals surface area contributed by atoms with E-state index in [2.05, 4.69) is 10.2 Å². The van der Waals surface area contributed by atoms with Gasteiger partial charge in [0.2, 0.25) is 5.91 Å². The fourth-order valence-corrected chi connectivity index (χ4v) is 2.51. The number of nitrogens with zero attached hydrogens (tertiary/aromatic N) is 2. The highest BCUT2D eigenvalue weighted by atomic mass is 16.5. The van der Waals surface area contributed by atoms with E-state index in [1.54, 1.807) is 13.1 Å². The van der Waals surface area contributed by atoms with E-state index in [0.717, 1.165) is 36.0 Å². The summed E-state index contributed by atoms with van der Waals surface area (Å²) in [7, 11) is 0. The molecule has 1 unspecified atom stereocenters. The van der Waals surface area contributed by atoms with Gasteiger partial charge in [-0.3, -0.25) is 9.89 Å². The first-order valence-corrected chi connectivity index (χ1v) is 6.58. The zero-order valence-electron chi connectivity index (χ0n) is 10.9. The molecule has 2 heterocycles. The molecular weight excluding hydrogens is 242 g/mol. The minimum Gasteiger partial charge on any atom is -0.489 e. The van der Waals surface area contributed by atoms with Crippen LogP contribution in [0.4, 0.5) is 0 Å². The Bertz CT molecular complexity index is 593. The maximum atomic E-state index is 11.4.